The van der Waals surface area contributed by atoms with Crippen LogP contribution in [-0.2, 0) is 19.6 Å². The number of Topliss-reactive ketones (excluding diaryl/α,β-unsaturated/α-hetero) is 1. The summed E-state index contributed by atoms with van der Waals surface area (Å²) in [6.07, 6.45) is -1.15. The zero-order valence-corrected chi connectivity index (χ0v) is 18.9. The molecule has 2 aromatic carbocycles. The summed E-state index contributed by atoms with van der Waals surface area (Å²) in [6, 6.07) is 11.6. The number of amides is 1. The van der Waals surface area contributed by atoms with Crippen molar-refractivity contribution in [2.24, 2.45) is 0 Å². The molecule has 0 fully saturated rings. The minimum atomic E-state index is -3.77. The maximum absolute atomic E-state index is 12.6. The molecule has 0 saturated carbocycles. The quantitative estimate of drug-likeness (QED) is 0.493. The van der Waals surface area contributed by atoms with Gasteiger partial charge in [-0.15, -0.1) is 0 Å². The van der Waals surface area contributed by atoms with Gasteiger partial charge >= 0.3 is 5.97 Å². The highest BCUT2D eigenvalue weighted by molar-refractivity contribution is 7.89. The number of hydrogen-bond donors (Lipinski definition) is 1. The number of esters is 1. The van der Waals surface area contributed by atoms with Crippen molar-refractivity contribution in [3.63, 3.8) is 0 Å². The fourth-order valence-electron chi connectivity index (χ4n) is 2.57. The first-order valence-corrected chi connectivity index (χ1v) is 11.1. The third-order valence-corrected chi connectivity index (χ3v) is 6.69. The normalized spacial score (nSPS) is 12.5. The van der Waals surface area contributed by atoms with Crippen LogP contribution in [0.2, 0.25) is 0 Å². The van der Waals surface area contributed by atoms with Crippen molar-refractivity contribution in [3.05, 3.63) is 59.7 Å². The van der Waals surface area contributed by atoms with Crippen LogP contribution in [0.3, 0.4) is 0 Å². The lowest BCUT2D eigenvalue weighted by molar-refractivity contribution is -0.123. The second kappa shape index (κ2) is 9.84. The van der Waals surface area contributed by atoms with Crippen molar-refractivity contribution in [1.82, 2.24) is 4.31 Å². The average molecular weight is 447 g/mol. The monoisotopic (exact) mass is 446 g/mol. The number of ether oxygens (including phenoxy) is 1. The second-order valence-electron chi connectivity index (χ2n) is 7.32. The number of nitrogens with zero attached hydrogens (tertiary/aromatic N) is 1. The van der Waals surface area contributed by atoms with E-state index in [1.54, 1.807) is 32.0 Å². The number of carbonyl (C=O) groups is 3. The molecule has 1 unspecified atom stereocenters. The van der Waals surface area contributed by atoms with Crippen molar-refractivity contribution in [2.75, 3.05) is 12.4 Å². The van der Waals surface area contributed by atoms with Gasteiger partial charge in [0.1, 0.15) is 0 Å². The highest BCUT2D eigenvalue weighted by Crippen LogP contribution is 2.19. The Balaban J connectivity index is 2.12. The molecule has 0 aliphatic heterocycles. The molecule has 166 valence electrons. The Bertz CT molecular complexity index is 1090. The fourth-order valence-corrected chi connectivity index (χ4v) is 3.98. The van der Waals surface area contributed by atoms with E-state index in [-0.39, 0.29) is 22.3 Å². The Morgan fingerprint density at radius 3 is 2.19 bits per heavy atom. The van der Waals surface area contributed by atoms with Crippen LogP contribution in [0.1, 0.15) is 48.4 Å². The number of hydrogen-bond acceptors (Lipinski definition) is 6. The second-order valence-corrected chi connectivity index (χ2v) is 9.31. The third kappa shape index (κ3) is 5.99. The molecule has 0 saturated heterocycles. The molecule has 1 atom stereocenters. The minimum Gasteiger partial charge on any atom is -0.449 e. The van der Waals surface area contributed by atoms with Gasteiger partial charge in [0.25, 0.3) is 5.91 Å². The molecule has 0 aliphatic carbocycles. The van der Waals surface area contributed by atoms with Gasteiger partial charge in [-0.2, -0.15) is 4.31 Å². The first kappa shape index (κ1) is 24.2. The van der Waals surface area contributed by atoms with Gasteiger partial charge < -0.3 is 10.1 Å². The number of ketones is 1. The summed E-state index contributed by atoms with van der Waals surface area (Å²) in [4.78, 5) is 36.3. The lowest BCUT2D eigenvalue weighted by Crippen LogP contribution is -2.33. The lowest BCUT2D eigenvalue weighted by Gasteiger charge is -2.21. The van der Waals surface area contributed by atoms with E-state index in [9.17, 15) is 22.8 Å². The Morgan fingerprint density at radius 1 is 0.968 bits per heavy atom. The number of sulfonamides is 1. The van der Waals surface area contributed by atoms with E-state index in [0.29, 0.717) is 11.3 Å². The maximum Gasteiger partial charge on any atom is 0.338 e. The Hall–Kier alpha value is -3.04. The predicted octanol–water partition coefficient (Wildman–Crippen LogP) is 3.10. The first-order valence-electron chi connectivity index (χ1n) is 9.64. The fraction of sp³-hybridized carbons (Fsp3) is 0.318. The zero-order valence-electron chi connectivity index (χ0n) is 18.1. The lowest BCUT2D eigenvalue weighted by atomic mass is 10.1. The Morgan fingerprint density at radius 2 is 1.58 bits per heavy atom. The van der Waals surface area contributed by atoms with E-state index in [1.165, 1.54) is 55.5 Å². The van der Waals surface area contributed by atoms with E-state index in [0.717, 1.165) is 0 Å². The van der Waals surface area contributed by atoms with Gasteiger partial charge in [-0.25, -0.2) is 13.2 Å². The molecule has 8 nitrogen and oxygen atoms in total. The SMILES string of the molecule is CC(=O)c1cccc(NC(=O)C(C)OC(=O)c2cccc(S(=O)(=O)N(C)C(C)C)c2)c1. The topological polar surface area (TPSA) is 110 Å². The van der Waals surface area contributed by atoms with Crippen LogP contribution in [0.15, 0.2) is 53.4 Å². The summed E-state index contributed by atoms with van der Waals surface area (Å²) in [5.41, 5.74) is 0.841. The van der Waals surface area contributed by atoms with Gasteiger partial charge in [0.15, 0.2) is 11.9 Å². The van der Waals surface area contributed by atoms with Crippen molar-refractivity contribution in [2.45, 2.75) is 44.7 Å². The Kier molecular flexibility index (Phi) is 7.70. The van der Waals surface area contributed by atoms with Crippen molar-refractivity contribution < 1.29 is 27.5 Å². The summed E-state index contributed by atoms with van der Waals surface area (Å²) < 4.78 is 31.7. The summed E-state index contributed by atoms with van der Waals surface area (Å²) in [5.74, 6) is -1.56. The van der Waals surface area contributed by atoms with Gasteiger partial charge in [0, 0.05) is 24.3 Å². The van der Waals surface area contributed by atoms with E-state index in [2.05, 4.69) is 5.32 Å². The van der Waals surface area contributed by atoms with Gasteiger partial charge in [-0.3, -0.25) is 9.59 Å². The van der Waals surface area contributed by atoms with Crippen LogP contribution in [0.5, 0.6) is 0 Å². The van der Waals surface area contributed by atoms with E-state index < -0.39 is 28.0 Å². The van der Waals surface area contributed by atoms with Crippen molar-refractivity contribution >= 4 is 33.4 Å². The minimum absolute atomic E-state index is 0.0106. The average Bonchev–Trinajstić information content (AvgIpc) is 2.73. The molecule has 0 spiro atoms. The van der Waals surface area contributed by atoms with Crippen LogP contribution in [0.25, 0.3) is 0 Å². The molecule has 0 aliphatic rings. The Labute approximate surface area is 182 Å². The summed E-state index contributed by atoms with van der Waals surface area (Å²) in [7, 11) is -2.32. The molecule has 2 rings (SSSR count). The van der Waals surface area contributed by atoms with Gasteiger partial charge in [-0.05, 0) is 58.0 Å². The van der Waals surface area contributed by atoms with E-state index in [4.69, 9.17) is 4.74 Å². The van der Waals surface area contributed by atoms with E-state index in [1.807, 2.05) is 0 Å². The number of benzene rings is 2. The molecule has 0 aromatic heterocycles. The van der Waals surface area contributed by atoms with Gasteiger partial charge in [0.05, 0.1) is 10.5 Å². The first-order chi connectivity index (χ1) is 14.4. The van der Waals surface area contributed by atoms with Crippen LogP contribution < -0.4 is 5.32 Å². The van der Waals surface area contributed by atoms with Crippen LogP contribution in [0, 0.1) is 0 Å². The van der Waals surface area contributed by atoms with E-state index >= 15 is 0 Å². The molecule has 0 bridgehead atoms. The molecular weight excluding hydrogens is 420 g/mol. The summed E-state index contributed by atoms with van der Waals surface area (Å²) in [6.45, 7) is 6.29. The molecule has 2 aromatic rings. The van der Waals surface area contributed by atoms with Gasteiger partial charge in [-0.1, -0.05) is 18.2 Å². The zero-order chi connectivity index (χ0) is 23.3. The maximum atomic E-state index is 12.6. The molecule has 1 N–H and O–H groups in total. The number of anilines is 1. The number of nitrogens with one attached hydrogen (secondary N) is 1. The van der Waals surface area contributed by atoms with Crippen LogP contribution in [-0.4, -0.2) is 49.6 Å². The highest BCUT2D eigenvalue weighted by atomic mass is 32.2. The van der Waals surface area contributed by atoms with Gasteiger partial charge in [0.2, 0.25) is 10.0 Å². The number of carbonyl (C=O) groups excluding carboxylic acids is 3. The summed E-state index contributed by atoms with van der Waals surface area (Å²) >= 11 is 0. The molecule has 31 heavy (non-hydrogen) atoms. The van der Waals surface area contributed by atoms with Crippen LogP contribution >= 0.6 is 0 Å². The predicted molar refractivity (Wildman–Crippen MR) is 116 cm³/mol. The van der Waals surface area contributed by atoms with Crippen molar-refractivity contribution in [3.8, 4) is 0 Å². The third-order valence-electron chi connectivity index (χ3n) is 4.66. The smallest absolute Gasteiger partial charge is 0.338 e. The van der Waals surface area contributed by atoms with Crippen LogP contribution in [0.4, 0.5) is 5.69 Å². The largest absolute Gasteiger partial charge is 0.449 e. The summed E-state index contributed by atoms with van der Waals surface area (Å²) in [5, 5.41) is 2.59. The molecular formula is C22H26N2O6S. The standard InChI is InChI=1S/C22H26N2O6S/c1-14(2)24(5)31(28,29)20-11-7-9-18(13-20)22(27)30-16(4)21(26)23-19-10-6-8-17(12-19)15(3)25/h6-14,16H,1-5H3,(H,23,26). The number of rotatable bonds is 8. The molecule has 1 amide bonds. The van der Waals surface area contributed by atoms with Crippen molar-refractivity contribution in [1.29, 1.82) is 0 Å². The molecule has 0 heterocycles. The molecule has 0 radical (unpaired) electrons. The highest BCUT2D eigenvalue weighted by Gasteiger charge is 2.25. The molecule has 9 heteroatoms.